The molecule has 2 amide bonds. The fourth-order valence-corrected chi connectivity index (χ4v) is 3.16. The summed E-state index contributed by atoms with van der Waals surface area (Å²) in [6.45, 7) is 1.78. The number of ether oxygens (including phenoxy) is 1. The quantitative estimate of drug-likeness (QED) is 0.578. The lowest BCUT2D eigenvalue weighted by molar-refractivity contribution is 0.0698. The number of aryl methyl sites for hydroxylation is 1. The molecule has 3 aromatic rings. The van der Waals surface area contributed by atoms with E-state index in [0.29, 0.717) is 16.4 Å². The van der Waals surface area contributed by atoms with Gasteiger partial charge in [-0.25, -0.2) is 9.59 Å². The van der Waals surface area contributed by atoms with Crippen LogP contribution in [0.3, 0.4) is 0 Å². The lowest BCUT2D eigenvalue weighted by Gasteiger charge is -2.09. The van der Waals surface area contributed by atoms with Crippen molar-refractivity contribution in [3.63, 3.8) is 0 Å². The fourth-order valence-electron chi connectivity index (χ4n) is 2.26. The van der Waals surface area contributed by atoms with E-state index in [1.165, 1.54) is 17.4 Å². The molecular weight excluding hydrogens is 352 g/mol. The summed E-state index contributed by atoms with van der Waals surface area (Å²) in [5.74, 6) is 0.288. The SMILES string of the molecule is Cc1cc(C(=O)O)c(NC(=O)Nc2ccc(Oc3ccccc3)cc2)s1. The van der Waals surface area contributed by atoms with Crippen LogP contribution >= 0.6 is 11.3 Å². The summed E-state index contributed by atoms with van der Waals surface area (Å²) in [4.78, 5) is 24.1. The molecule has 2 aromatic carbocycles. The molecule has 3 N–H and O–H groups in total. The lowest BCUT2D eigenvalue weighted by atomic mass is 10.3. The zero-order valence-electron chi connectivity index (χ0n) is 13.9. The second-order valence-electron chi connectivity index (χ2n) is 5.42. The van der Waals surface area contributed by atoms with E-state index in [1.54, 1.807) is 31.2 Å². The minimum atomic E-state index is -1.08. The van der Waals surface area contributed by atoms with Crippen LogP contribution < -0.4 is 15.4 Å². The Morgan fingerprint density at radius 3 is 2.27 bits per heavy atom. The molecule has 0 bridgehead atoms. The summed E-state index contributed by atoms with van der Waals surface area (Å²) in [6.07, 6.45) is 0. The Kier molecular flexibility index (Phi) is 5.19. The molecule has 0 saturated heterocycles. The zero-order valence-corrected chi connectivity index (χ0v) is 14.7. The molecule has 0 radical (unpaired) electrons. The summed E-state index contributed by atoms with van der Waals surface area (Å²) in [6, 6.07) is 17.3. The molecule has 0 aliphatic heterocycles. The molecule has 0 unspecified atom stereocenters. The minimum Gasteiger partial charge on any atom is -0.478 e. The molecule has 1 aromatic heterocycles. The maximum Gasteiger partial charge on any atom is 0.338 e. The first-order valence-corrected chi connectivity index (χ1v) is 8.57. The topological polar surface area (TPSA) is 87.7 Å². The van der Waals surface area contributed by atoms with Gasteiger partial charge in [-0.05, 0) is 49.4 Å². The van der Waals surface area contributed by atoms with Gasteiger partial charge < -0.3 is 15.2 Å². The van der Waals surface area contributed by atoms with Crippen molar-refractivity contribution in [2.75, 3.05) is 10.6 Å². The fraction of sp³-hybridized carbons (Fsp3) is 0.0526. The van der Waals surface area contributed by atoms with E-state index in [4.69, 9.17) is 9.84 Å². The molecule has 0 aliphatic rings. The van der Waals surface area contributed by atoms with Crippen molar-refractivity contribution in [2.24, 2.45) is 0 Å². The van der Waals surface area contributed by atoms with Gasteiger partial charge in [-0.2, -0.15) is 0 Å². The van der Waals surface area contributed by atoms with Crippen molar-refractivity contribution in [3.8, 4) is 11.5 Å². The molecule has 0 aliphatic carbocycles. The number of carbonyl (C=O) groups is 2. The van der Waals surface area contributed by atoms with Crippen LogP contribution in [0.1, 0.15) is 15.2 Å². The van der Waals surface area contributed by atoms with Crippen LogP contribution in [-0.4, -0.2) is 17.1 Å². The third-order valence-corrected chi connectivity index (χ3v) is 4.37. The van der Waals surface area contributed by atoms with Crippen molar-refractivity contribution in [1.82, 2.24) is 0 Å². The number of carbonyl (C=O) groups excluding carboxylic acids is 1. The summed E-state index contributed by atoms with van der Waals surface area (Å²) >= 11 is 1.21. The van der Waals surface area contributed by atoms with Crippen LogP contribution in [0.5, 0.6) is 11.5 Å². The Morgan fingerprint density at radius 2 is 1.62 bits per heavy atom. The minimum absolute atomic E-state index is 0.0780. The standard InChI is InChI=1S/C19H16N2O4S/c1-12-11-16(18(22)23)17(26-12)21-19(24)20-13-7-9-15(10-8-13)25-14-5-3-2-4-6-14/h2-11H,1H3,(H,22,23)(H2,20,21,24). The Balaban J connectivity index is 1.62. The normalized spacial score (nSPS) is 10.2. The number of rotatable bonds is 5. The number of thiophene rings is 1. The van der Waals surface area contributed by atoms with Gasteiger partial charge >= 0.3 is 12.0 Å². The second-order valence-corrected chi connectivity index (χ2v) is 6.68. The lowest BCUT2D eigenvalue weighted by Crippen LogP contribution is -2.19. The smallest absolute Gasteiger partial charge is 0.338 e. The highest BCUT2D eigenvalue weighted by molar-refractivity contribution is 7.16. The Morgan fingerprint density at radius 1 is 0.962 bits per heavy atom. The van der Waals surface area contributed by atoms with Gasteiger partial charge in [0.1, 0.15) is 16.5 Å². The van der Waals surface area contributed by atoms with Crippen LogP contribution in [0, 0.1) is 6.92 Å². The molecule has 0 saturated carbocycles. The first-order valence-electron chi connectivity index (χ1n) is 7.76. The second kappa shape index (κ2) is 7.71. The summed E-state index contributed by atoms with van der Waals surface area (Å²) < 4.78 is 5.69. The van der Waals surface area contributed by atoms with Crippen molar-refractivity contribution >= 4 is 34.0 Å². The van der Waals surface area contributed by atoms with Crippen molar-refractivity contribution in [2.45, 2.75) is 6.92 Å². The number of hydrogen-bond acceptors (Lipinski definition) is 4. The average molecular weight is 368 g/mol. The predicted molar refractivity (Wildman–Crippen MR) is 102 cm³/mol. The number of anilines is 2. The van der Waals surface area contributed by atoms with Gasteiger partial charge in [-0.15, -0.1) is 11.3 Å². The van der Waals surface area contributed by atoms with Gasteiger partial charge in [0.05, 0.1) is 5.56 Å². The van der Waals surface area contributed by atoms with E-state index in [0.717, 1.165) is 10.6 Å². The summed E-state index contributed by atoms with van der Waals surface area (Å²) in [5.41, 5.74) is 0.641. The number of hydrogen-bond donors (Lipinski definition) is 3. The summed E-state index contributed by atoms with van der Waals surface area (Å²) in [5, 5.41) is 14.7. The van der Waals surface area contributed by atoms with Gasteiger partial charge in [-0.1, -0.05) is 18.2 Å². The Hall–Kier alpha value is -3.32. The molecule has 26 heavy (non-hydrogen) atoms. The zero-order chi connectivity index (χ0) is 18.5. The number of nitrogens with one attached hydrogen (secondary N) is 2. The molecular formula is C19H16N2O4S. The number of carboxylic acid groups (broad SMARTS) is 1. The van der Waals surface area contributed by atoms with E-state index in [2.05, 4.69) is 10.6 Å². The van der Waals surface area contributed by atoms with Crippen molar-refractivity contribution < 1.29 is 19.4 Å². The molecule has 7 heteroatoms. The highest BCUT2D eigenvalue weighted by Crippen LogP contribution is 2.28. The van der Waals surface area contributed by atoms with E-state index < -0.39 is 12.0 Å². The van der Waals surface area contributed by atoms with Crippen LogP contribution in [0.15, 0.2) is 60.7 Å². The molecule has 3 rings (SSSR count). The maximum absolute atomic E-state index is 12.1. The highest BCUT2D eigenvalue weighted by Gasteiger charge is 2.15. The average Bonchev–Trinajstić information content (AvgIpc) is 2.98. The maximum atomic E-state index is 12.1. The van der Waals surface area contributed by atoms with E-state index in [-0.39, 0.29) is 5.56 Å². The highest BCUT2D eigenvalue weighted by atomic mass is 32.1. The first-order chi connectivity index (χ1) is 12.5. The number of benzene rings is 2. The Bertz CT molecular complexity index is 920. The van der Waals surface area contributed by atoms with Crippen LogP contribution in [-0.2, 0) is 0 Å². The largest absolute Gasteiger partial charge is 0.478 e. The Labute approximate surface area is 154 Å². The van der Waals surface area contributed by atoms with Gasteiger partial charge in [0.15, 0.2) is 0 Å². The third-order valence-electron chi connectivity index (χ3n) is 3.40. The van der Waals surface area contributed by atoms with E-state index in [1.807, 2.05) is 30.3 Å². The predicted octanol–water partition coefficient (Wildman–Crippen LogP) is 5.19. The van der Waals surface area contributed by atoms with Crippen molar-refractivity contribution in [1.29, 1.82) is 0 Å². The van der Waals surface area contributed by atoms with Crippen molar-refractivity contribution in [3.05, 3.63) is 71.1 Å². The molecule has 0 atom stereocenters. The molecule has 1 heterocycles. The molecule has 0 fully saturated rings. The number of aromatic carboxylic acids is 1. The molecule has 0 spiro atoms. The van der Waals surface area contributed by atoms with Gasteiger partial charge in [0.2, 0.25) is 0 Å². The monoisotopic (exact) mass is 368 g/mol. The summed E-state index contributed by atoms with van der Waals surface area (Å²) in [7, 11) is 0. The van der Waals surface area contributed by atoms with Gasteiger partial charge in [0, 0.05) is 10.6 Å². The van der Waals surface area contributed by atoms with Crippen LogP contribution in [0.25, 0.3) is 0 Å². The van der Waals surface area contributed by atoms with E-state index >= 15 is 0 Å². The third kappa shape index (κ3) is 4.40. The number of carboxylic acids is 1. The van der Waals surface area contributed by atoms with E-state index in [9.17, 15) is 9.59 Å². The number of urea groups is 1. The molecule has 6 nitrogen and oxygen atoms in total. The number of amides is 2. The van der Waals surface area contributed by atoms with Gasteiger partial charge in [-0.3, -0.25) is 5.32 Å². The van der Waals surface area contributed by atoms with Gasteiger partial charge in [0.25, 0.3) is 0 Å². The number of para-hydroxylation sites is 1. The van der Waals surface area contributed by atoms with Crippen LogP contribution in [0.2, 0.25) is 0 Å². The molecule has 132 valence electrons. The van der Waals surface area contributed by atoms with Crippen LogP contribution in [0.4, 0.5) is 15.5 Å². The first kappa shape index (κ1) is 17.5.